The number of nitrogens with one attached hydrogen (secondary N) is 1. The van der Waals surface area contributed by atoms with Crippen LogP contribution in [0.1, 0.15) is 12.0 Å². The van der Waals surface area contributed by atoms with Gasteiger partial charge in [-0.15, -0.1) is 0 Å². The molecule has 0 aliphatic carbocycles. The molecule has 0 saturated carbocycles. The fourth-order valence-corrected chi connectivity index (χ4v) is 3.78. The zero-order chi connectivity index (χ0) is 12.3. The number of hydrogen-bond donors (Lipinski definition) is 1. The summed E-state index contributed by atoms with van der Waals surface area (Å²) >= 11 is 0. The third-order valence-electron chi connectivity index (χ3n) is 2.97. The summed E-state index contributed by atoms with van der Waals surface area (Å²) in [6, 6.07) is 6.54. The molecule has 1 fully saturated rings. The lowest BCUT2D eigenvalue weighted by Gasteiger charge is -2.10. The van der Waals surface area contributed by atoms with Gasteiger partial charge in [-0.1, -0.05) is 12.1 Å². The van der Waals surface area contributed by atoms with Crippen LogP contribution in [0.2, 0.25) is 0 Å². The SMILES string of the molecule is O=S1(=O)CCC(NCCc2cccc(F)c2)C1. The van der Waals surface area contributed by atoms with Gasteiger partial charge in [-0.2, -0.15) is 0 Å². The second-order valence-electron chi connectivity index (χ2n) is 4.43. The van der Waals surface area contributed by atoms with E-state index in [0.717, 1.165) is 5.56 Å². The fraction of sp³-hybridized carbons (Fsp3) is 0.500. The summed E-state index contributed by atoms with van der Waals surface area (Å²) in [4.78, 5) is 0. The van der Waals surface area contributed by atoms with Crippen molar-refractivity contribution in [3.8, 4) is 0 Å². The van der Waals surface area contributed by atoms with Crippen LogP contribution in [0.25, 0.3) is 0 Å². The van der Waals surface area contributed by atoms with Crippen LogP contribution in [-0.2, 0) is 16.3 Å². The van der Waals surface area contributed by atoms with Gasteiger partial charge in [-0.05, 0) is 37.1 Å². The Kier molecular flexibility index (Phi) is 3.79. The summed E-state index contributed by atoms with van der Waals surface area (Å²) in [6.07, 6.45) is 1.40. The van der Waals surface area contributed by atoms with Gasteiger partial charge >= 0.3 is 0 Å². The van der Waals surface area contributed by atoms with E-state index in [-0.39, 0.29) is 23.4 Å². The molecule has 3 nitrogen and oxygen atoms in total. The van der Waals surface area contributed by atoms with E-state index in [1.54, 1.807) is 6.07 Å². The van der Waals surface area contributed by atoms with Crippen molar-refractivity contribution in [3.63, 3.8) is 0 Å². The Morgan fingerprint density at radius 2 is 2.24 bits per heavy atom. The first-order valence-electron chi connectivity index (χ1n) is 5.73. The summed E-state index contributed by atoms with van der Waals surface area (Å²) in [5, 5.41) is 3.20. The second-order valence-corrected chi connectivity index (χ2v) is 6.66. The van der Waals surface area contributed by atoms with Gasteiger partial charge in [0.1, 0.15) is 5.82 Å². The van der Waals surface area contributed by atoms with Gasteiger partial charge in [0.15, 0.2) is 9.84 Å². The van der Waals surface area contributed by atoms with Crippen molar-refractivity contribution in [2.45, 2.75) is 18.9 Å². The van der Waals surface area contributed by atoms with Gasteiger partial charge in [0.05, 0.1) is 11.5 Å². The summed E-state index contributed by atoms with van der Waals surface area (Å²) in [6.45, 7) is 0.684. The van der Waals surface area contributed by atoms with Crippen molar-refractivity contribution in [1.82, 2.24) is 5.32 Å². The molecule has 17 heavy (non-hydrogen) atoms. The molecular weight excluding hydrogens is 241 g/mol. The summed E-state index contributed by atoms with van der Waals surface area (Å²) in [7, 11) is -2.82. The Balaban J connectivity index is 1.77. The smallest absolute Gasteiger partial charge is 0.151 e. The number of halogens is 1. The lowest BCUT2D eigenvalue weighted by Crippen LogP contribution is -2.31. The van der Waals surface area contributed by atoms with E-state index in [0.29, 0.717) is 19.4 Å². The summed E-state index contributed by atoms with van der Waals surface area (Å²) in [5.41, 5.74) is 0.929. The highest BCUT2D eigenvalue weighted by Crippen LogP contribution is 2.11. The van der Waals surface area contributed by atoms with Crippen LogP contribution >= 0.6 is 0 Å². The maximum Gasteiger partial charge on any atom is 0.151 e. The molecule has 1 N–H and O–H groups in total. The molecule has 1 heterocycles. The van der Waals surface area contributed by atoms with E-state index in [1.165, 1.54) is 12.1 Å². The average Bonchev–Trinajstić information content (AvgIpc) is 2.58. The molecule has 1 saturated heterocycles. The molecule has 1 atom stereocenters. The highest BCUT2D eigenvalue weighted by atomic mass is 32.2. The average molecular weight is 257 g/mol. The maximum absolute atomic E-state index is 12.9. The molecule has 0 amide bonds. The molecule has 1 aromatic rings. The van der Waals surface area contributed by atoms with Crippen molar-refractivity contribution in [1.29, 1.82) is 0 Å². The zero-order valence-electron chi connectivity index (χ0n) is 9.52. The predicted molar refractivity (Wildman–Crippen MR) is 65.2 cm³/mol. The molecule has 1 unspecified atom stereocenters. The Labute approximate surface area is 101 Å². The van der Waals surface area contributed by atoms with Crippen molar-refractivity contribution in [3.05, 3.63) is 35.6 Å². The number of hydrogen-bond acceptors (Lipinski definition) is 3. The molecule has 2 rings (SSSR count). The van der Waals surface area contributed by atoms with Gasteiger partial charge < -0.3 is 5.32 Å². The van der Waals surface area contributed by atoms with Gasteiger partial charge in [-0.25, -0.2) is 12.8 Å². The van der Waals surface area contributed by atoms with Crippen LogP contribution in [0.15, 0.2) is 24.3 Å². The van der Waals surface area contributed by atoms with Crippen molar-refractivity contribution in [2.24, 2.45) is 0 Å². The minimum absolute atomic E-state index is 0.0635. The Bertz CT molecular complexity index is 487. The fourth-order valence-electron chi connectivity index (χ4n) is 2.07. The van der Waals surface area contributed by atoms with Gasteiger partial charge in [0.25, 0.3) is 0 Å². The zero-order valence-corrected chi connectivity index (χ0v) is 10.3. The second kappa shape index (κ2) is 5.14. The molecule has 0 bridgehead atoms. The quantitative estimate of drug-likeness (QED) is 0.880. The normalized spacial score (nSPS) is 22.8. The largest absolute Gasteiger partial charge is 0.313 e. The van der Waals surface area contributed by atoms with E-state index in [4.69, 9.17) is 0 Å². The molecule has 0 spiro atoms. The third kappa shape index (κ3) is 3.78. The molecule has 0 aromatic heterocycles. The van der Waals surface area contributed by atoms with Crippen LogP contribution in [0.3, 0.4) is 0 Å². The Hall–Kier alpha value is -0.940. The van der Waals surface area contributed by atoms with E-state index in [2.05, 4.69) is 5.32 Å². The highest BCUT2D eigenvalue weighted by molar-refractivity contribution is 7.91. The monoisotopic (exact) mass is 257 g/mol. The summed E-state index contributed by atoms with van der Waals surface area (Å²) in [5.74, 6) is 0.284. The molecule has 94 valence electrons. The Morgan fingerprint density at radius 3 is 2.88 bits per heavy atom. The van der Waals surface area contributed by atoms with Crippen molar-refractivity contribution >= 4 is 9.84 Å². The number of benzene rings is 1. The molecule has 0 radical (unpaired) electrons. The molecule has 1 aromatic carbocycles. The van der Waals surface area contributed by atoms with Crippen LogP contribution in [0, 0.1) is 5.82 Å². The van der Waals surface area contributed by atoms with Crippen LogP contribution in [0.5, 0.6) is 0 Å². The van der Waals surface area contributed by atoms with E-state index in [1.807, 2.05) is 6.07 Å². The number of rotatable bonds is 4. The topological polar surface area (TPSA) is 46.2 Å². The maximum atomic E-state index is 12.9. The van der Waals surface area contributed by atoms with Gasteiger partial charge in [0, 0.05) is 6.04 Å². The minimum Gasteiger partial charge on any atom is -0.313 e. The minimum atomic E-state index is -2.82. The van der Waals surface area contributed by atoms with Crippen LogP contribution < -0.4 is 5.32 Å². The van der Waals surface area contributed by atoms with E-state index in [9.17, 15) is 12.8 Å². The highest BCUT2D eigenvalue weighted by Gasteiger charge is 2.26. The first-order chi connectivity index (χ1) is 8.05. The predicted octanol–water partition coefficient (Wildman–Crippen LogP) is 1.14. The molecule has 1 aliphatic heterocycles. The van der Waals surface area contributed by atoms with Gasteiger partial charge in [-0.3, -0.25) is 0 Å². The number of sulfone groups is 1. The molecule has 1 aliphatic rings. The first-order valence-corrected chi connectivity index (χ1v) is 7.55. The lowest BCUT2D eigenvalue weighted by atomic mass is 10.1. The van der Waals surface area contributed by atoms with E-state index < -0.39 is 9.84 Å². The molecular formula is C12H16FNO2S. The van der Waals surface area contributed by atoms with Crippen LogP contribution in [-0.4, -0.2) is 32.5 Å². The first kappa shape index (κ1) is 12.5. The third-order valence-corrected chi connectivity index (χ3v) is 4.74. The lowest BCUT2D eigenvalue weighted by molar-refractivity contribution is 0.555. The standard InChI is InChI=1S/C12H16FNO2S/c13-11-3-1-2-10(8-11)4-6-14-12-5-7-17(15,16)9-12/h1-3,8,12,14H,4-7,9H2. The Morgan fingerprint density at radius 1 is 1.41 bits per heavy atom. The molecule has 5 heteroatoms. The van der Waals surface area contributed by atoms with Gasteiger partial charge in [0.2, 0.25) is 0 Å². The van der Waals surface area contributed by atoms with E-state index >= 15 is 0 Å². The summed E-state index contributed by atoms with van der Waals surface area (Å²) < 4.78 is 35.4. The van der Waals surface area contributed by atoms with Crippen molar-refractivity contribution < 1.29 is 12.8 Å². The van der Waals surface area contributed by atoms with Crippen molar-refractivity contribution in [2.75, 3.05) is 18.1 Å². The van der Waals surface area contributed by atoms with Crippen LogP contribution in [0.4, 0.5) is 4.39 Å².